The van der Waals surface area contributed by atoms with Crippen LogP contribution in [-0.2, 0) is 4.79 Å². The monoisotopic (exact) mass is 144 g/mol. The lowest BCUT2D eigenvalue weighted by molar-refractivity contribution is -0.126. The van der Waals surface area contributed by atoms with Crippen molar-refractivity contribution in [2.24, 2.45) is 5.73 Å². The predicted molar refractivity (Wildman–Crippen MR) is 32.3 cm³/mol. The van der Waals surface area contributed by atoms with E-state index in [4.69, 9.17) is 10.8 Å². The number of carboxylic acid groups (broad SMARTS) is 1. The van der Waals surface area contributed by atoms with Gasteiger partial charge in [0, 0.05) is 6.54 Å². The molecule has 1 fully saturated rings. The molecule has 1 aliphatic heterocycles. The van der Waals surface area contributed by atoms with E-state index in [1.54, 1.807) is 0 Å². The summed E-state index contributed by atoms with van der Waals surface area (Å²) in [5, 5.41) is 8.37. The zero-order valence-electron chi connectivity index (χ0n) is 5.28. The molecule has 0 spiro atoms. The number of rotatable bonds is 1. The topological polar surface area (TPSA) is 83.6 Å². The summed E-state index contributed by atoms with van der Waals surface area (Å²) in [4.78, 5) is 21.7. The minimum absolute atomic E-state index is 0.420. The molecule has 1 aliphatic rings. The molecule has 1 atom stereocenters. The quantitative estimate of drug-likeness (QED) is 0.506. The molecule has 0 bridgehead atoms. The zero-order chi connectivity index (χ0) is 7.72. The highest BCUT2D eigenvalue weighted by Gasteiger charge is 2.35. The van der Waals surface area contributed by atoms with Crippen LogP contribution in [0.3, 0.4) is 0 Å². The van der Waals surface area contributed by atoms with Crippen LogP contribution in [-0.4, -0.2) is 34.6 Å². The van der Waals surface area contributed by atoms with Crippen LogP contribution in [0.1, 0.15) is 6.42 Å². The van der Waals surface area contributed by atoms with Gasteiger partial charge in [-0.3, -0.25) is 9.69 Å². The molecule has 0 aromatic rings. The van der Waals surface area contributed by atoms with Gasteiger partial charge in [-0.15, -0.1) is 0 Å². The van der Waals surface area contributed by atoms with Crippen LogP contribution in [0.2, 0.25) is 0 Å². The van der Waals surface area contributed by atoms with E-state index in [-0.39, 0.29) is 0 Å². The Kier molecular flexibility index (Phi) is 1.48. The summed E-state index contributed by atoms with van der Waals surface area (Å²) >= 11 is 0. The van der Waals surface area contributed by atoms with E-state index in [9.17, 15) is 9.59 Å². The van der Waals surface area contributed by atoms with E-state index < -0.39 is 18.0 Å². The van der Waals surface area contributed by atoms with Crippen molar-refractivity contribution < 1.29 is 14.7 Å². The summed E-state index contributed by atoms with van der Waals surface area (Å²) in [6.07, 6.45) is -0.517. The highest BCUT2D eigenvalue weighted by atomic mass is 16.4. The van der Waals surface area contributed by atoms with Crippen LogP contribution in [0, 0.1) is 0 Å². The van der Waals surface area contributed by atoms with Gasteiger partial charge in [-0.05, 0) is 6.42 Å². The number of nitrogens with zero attached hydrogens (tertiary/aromatic N) is 1. The maximum atomic E-state index is 10.4. The molecule has 0 aliphatic carbocycles. The van der Waals surface area contributed by atoms with Crippen molar-refractivity contribution in [1.29, 1.82) is 0 Å². The van der Waals surface area contributed by atoms with Crippen LogP contribution in [0.15, 0.2) is 0 Å². The summed E-state index contributed by atoms with van der Waals surface area (Å²) in [7, 11) is 0. The molecule has 2 amide bonds. The summed E-state index contributed by atoms with van der Waals surface area (Å²) in [5.41, 5.74) is 4.88. The summed E-state index contributed by atoms with van der Waals surface area (Å²) in [5.74, 6) is -0.561. The maximum Gasteiger partial charge on any atom is 0.407 e. The van der Waals surface area contributed by atoms with Gasteiger partial charge in [-0.1, -0.05) is 0 Å². The highest BCUT2D eigenvalue weighted by molar-refractivity contribution is 5.85. The van der Waals surface area contributed by atoms with E-state index in [2.05, 4.69) is 0 Å². The third kappa shape index (κ3) is 0.896. The van der Waals surface area contributed by atoms with Gasteiger partial charge in [0.2, 0.25) is 5.91 Å². The van der Waals surface area contributed by atoms with Gasteiger partial charge in [0.05, 0.1) is 0 Å². The summed E-state index contributed by atoms with van der Waals surface area (Å²) in [6, 6.07) is -0.586. The van der Waals surface area contributed by atoms with Gasteiger partial charge >= 0.3 is 6.09 Å². The van der Waals surface area contributed by atoms with Crippen molar-refractivity contribution in [3.8, 4) is 0 Å². The fourth-order valence-electron chi connectivity index (χ4n) is 0.912. The molecule has 0 aromatic heterocycles. The molecule has 1 rings (SSSR count). The van der Waals surface area contributed by atoms with E-state index in [1.807, 2.05) is 0 Å². The molecule has 56 valence electrons. The van der Waals surface area contributed by atoms with E-state index >= 15 is 0 Å². The van der Waals surface area contributed by atoms with Crippen LogP contribution in [0.4, 0.5) is 4.79 Å². The number of hydrogen-bond acceptors (Lipinski definition) is 2. The zero-order valence-corrected chi connectivity index (χ0v) is 5.28. The molecule has 10 heavy (non-hydrogen) atoms. The Bertz CT molecular complexity index is 160. The van der Waals surface area contributed by atoms with Crippen molar-refractivity contribution >= 4 is 12.0 Å². The molecular weight excluding hydrogens is 136 g/mol. The van der Waals surface area contributed by atoms with Gasteiger partial charge in [0.1, 0.15) is 6.04 Å². The Balaban J connectivity index is 2.51. The first kappa shape index (κ1) is 6.85. The largest absolute Gasteiger partial charge is 0.465 e. The third-order valence-electron chi connectivity index (χ3n) is 1.59. The van der Waals surface area contributed by atoms with Gasteiger partial charge in [0.25, 0.3) is 0 Å². The Morgan fingerprint density at radius 3 is 2.30 bits per heavy atom. The Morgan fingerprint density at radius 1 is 1.60 bits per heavy atom. The van der Waals surface area contributed by atoms with Crippen LogP contribution < -0.4 is 5.73 Å². The molecule has 3 N–H and O–H groups in total. The van der Waals surface area contributed by atoms with Gasteiger partial charge in [-0.2, -0.15) is 0 Å². The Hall–Kier alpha value is -1.26. The van der Waals surface area contributed by atoms with Crippen LogP contribution >= 0.6 is 0 Å². The molecule has 1 unspecified atom stereocenters. The number of primary amides is 1. The lowest BCUT2D eigenvalue weighted by Gasteiger charge is -2.35. The second-order valence-corrected chi connectivity index (χ2v) is 2.18. The molecule has 0 radical (unpaired) electrons. The van der Waals surface area contributed by atoms with E-state index in [0.717, 1.165) is 4.90 Å². The Labute approximate surface area is 57.4 Å². The van der Waals surface area contributed by atoms with Crippen LogP contribution in [0.5, 0.6) is 0 Å². The molecule has 5 heteroatoms. The second kappa shape index (κ2) is 2.17. The number of carbonyl (C=O) groups is 2. The first-order valence-corrected chi connectivity index (χ1v) is 2.92. The van der Waals surface area contributed by atoms with Gasteiger partial charge in [0.15, 0.2) is 0 Å². The lowest BCUT2D eigenvalue weighted by atomic mass is 10.0. The second-order valence-electron chi connectivity index (χ2n) is 2.18. The average Bonchev–Trinajstić information content (AvgIpc) is 1.56. The van der Waals surface area contributed by atoms with E-state index in [0.29, 0.717) is 13.0 Å². The fourth-order valence-corrected chi connectivity index (χ4v) is 0.912. The molecule has 1 saturated heterocycles. The number of carbonyl (C=O) groups excluding carboxylic acids is 1. The smallest absolute Gasteiger partial charge is 0.407 e. The maximum absolute atomic E-state index is 10.4. The highest BCUT2D eigenvalue weighted by Crippen LogP contribution is 2.15. The van der Waals surface area contributed by atoms with Crippen molar-refractivity contribution in [3.63, 3.8) is 0 Å². The summed E-state index contributed by atoms with van der Waals surface area (Å²) < 4.78 is 0. The SMILES string of the molecule is NC(=O)C1CCN1C(=O)O. The number of likely N-dealkylation sites (tertiary alicyclic amines) is 1. The van der Waals surface area contributed by atoms with Gasteiger partial charge < -0.3 is 10.8 Å². The normalized spacial score (nSPS) is 23.6. The minimum atomic E-state index is -1.07. The van der Waals surface area contributed by atoms with Gasteiger partial charge in [-0.25, -0.2) is 4.79 Å². The first-order valence-electron chi connectivity index (χ1n) is 2.92. The standard InChI is InChI=1S/C5H8N2O3/c6-4(8)3-1-2-7(3)5(9)10/h3H,1-2H2,(H2,6,8)(H,9,10). The van der Waals surface area contributed by atoms with Crippen molar-refractivity contribution in [2.75, 3.05) is 6.54 Å². The van der Waals surface area contributed by atoms with Crippen molar-refractivity contribution in [2.45, 2.75) is 12.5 Å². The minimum Gasteiger partial charge on any atom is -0.465 e. The van der Waals surface area contributed by atoms with Crippen molar-refractivity contribution in [3.05, 3.63) is 0 Å². The number of hydrogen-bond donors (Lipinski definition) is 2. The van der Waals surface area contributed by atoms with Crippen LogP contribution in [0.25, 0.3) is 0 Å². The fraction of sp³-hybridized carbons (Fsp3) is 0.600. The summed E-state index contributed by atoms with van der Waals surface area (Å²) in [6.45, 7) is 0.420. The molecular formula is C5H8N2O3. The Morgan fingerprint density at radius 2 is 2.20 bits per heavy atom. The molecule has 0 saturated carbocycles. The number of amides is 2. The van der Waals surface area contributed by atoms with E-state index in [1.165, 1.54) is 0 Å². The van der Waals surface area contributed by atoms with Crippen molar-refractivity contribution in [1.82, 2.24) is 4.90 Å². The molecule has 0 aromatic carbocycles. The number of nitrogens with two attached hydrogens (primary N) is 1. The molecule has 5 nitrogen and oxygen atoms in total. The predicted octanol–water partition coefficient (Wildman–Crippen LogP) is -0.776. The lowest BCUT2D eigenvalue weighted by Crippen LogP contribution is -2.56. The average molecular weight is 144 g/mol. The molecule has 1 heterocycles. The third-order valence-corrected chi connectivity index (χ3v) is 1.59. The first-order chi connectivity index (χ1) is 4.63.